The van der Waals surface area contributed by atoms with Gasteiger partial charge >= 0.3 is 5.97 Å². The topological polar surface area (TPSA) is 60.9 Å². The van der Waals surface area contributed by atoms with Gasteiger partial charge in [-0.1, -0.05) is 12.1 Å². The van der Waals surface area contributed by atoms with Crippen molar-refractivity contribution in [2.24, 2.45) is 0 Å². The molecule has 0 bridgehead atoms. The maximum absolute atomic E-state index is 12.8. The van der Waals surface area contributed by atoms with Gasteiger partial charge in [-0.15, -0.1) is 0 Å². The van der Waals surface area contributed by atoms with Gasteiger partial charge in [0.1, 0.15) is 0 Å². The van der Waals surface area contributed by atoms with Gasteiger partial charge in [0.05, 0.1) is 6.54 Å². The van der Waals surface area contributed by atoms with E-state index in [0.29, 0.717) is 6.54 Å². The van der Waals surface area contributed by atoms with E-state index in [1.54, 1.807) is 0 Å². The number of hydrogen-bond acceptors (Lipinski definition) is 3. The van der Waals surface area contributed by atoms with E-state index in [1.165, 1.54) is 0 Å². The number of likely N-dealkylation sites (tertiary alicyclic amines) is 1. The van der Waals surface area contributed by atoms with E-state index in [1.807, 2.05) is 48.9 Å². The van der Waals surface area contributed by atoms with Gasteiger partial charge in [-0.2, -0.15) is 0 Å². The molecule has 1 heterocycles. The molecule has 2 rings (SSSR count). The van der Waals surface area contributed by atoms with Gasteiger partial charge in [0, 0.05) is 24.7 Å². The third-order valence-electron chi connectivity index (χ3n) is 4.83. The first-order valence-corrected chi connectivity index (χ1v) is 8.17. The minimum atomic E-state index is -0.805. The van der Waals surface area contributed by atoms with Gasteiger partial charge < -0.3 is 10.0 Å². The number of aliphatic carboxylic acids is 1. The number of carboxylic acids is 1. The molecule has 1 saturated heterocycles. The highest BCUT2D eigenvalue weighted by Gasteiger charge is 2.25. The third-order valence-corrected chi connectivity index (χ3v) is 4.83. The lowest BCUT2D eigenvalue weighted by atomic mass is 10.0. The standard InChI is InChI=1S/C18H26N2O3/c1-13-6-4-8-16(14(13)2)18(23)20-10-5-7-15(9-11-20)19(3)12-17(21)22/h4,6,8,15H,5,7,9-12H2,1-3H3,(H,21,22)/t15-/m1/s1. The zero-order chi connectivity index (χ0) is 17.0. The monoisotopic (exact) mass is 318 g/mol. The Hall–Kier alpha value is -1.88. The first kappa shape index (κ1) is 17.5. The molecule has 0 saturated carbocycles. The molecule has 5 heteroatoms. The van der Waals surface area contributed by atoms with Crippen LogP contribution < -0.4 is 0 Å². The average molecular weight is 318 g/mol. The number of amides is 1. The lowest BCUT2D eigenvalue weighted by Crippen LogP contribution is -2.37. The summed E-state index contributed by atoms with van der Waals surface area (Å²) in [5, 5.41) is 8.92. The van der Waals surface area contributed by atoms with Crippen LogP contribution in [0.1, 0.15) is 40.7 Å². The van der Waals surface area contributed by atoms with E-state index < -0.39 is 5.97 Å². The Morgan fingerprint density at radius 2 is 2.00 bits per heavy atom. The fraction of sp³-hybridized carbons (Fsp3) is 0.556. The number of aryl methyl sites for hydroxylation is 1. The van der Waals surface area contributed by atoms with E-state index in [2.05, 4.69) is 0 Å². The minimum absolute atomic E-state index is 0.0512. The Morgan fingerprint density at radius 3 is 2.70 bits per heavy atom. The summed E-state index contributed by atoms with van der Waals surface area (Å²) in [5.41, 5.74) is 2.95. The summed E-state index contributed by atoms with van der Waals surface area (Å²) in [6.07, 6.45) is 2.66. The summed E-state index contributed by atoms with van der Waals surface area (Å²) in [5.74, 6) is -0.715. The van der Waals surface area contributed by atoms with E-state index in [0.717, 1.165) is 42.5 Å². The lowest BCUT2D eigenvalue weighted by Gasteiger charge is -2.26. The number of benzene rings is 1. The van der Waals surface area contributed by atoms with Crippen LogP contribution >= 0.6 is 0 Å². The Morgan fingerprint density at radius 1 is 1.26 bits per heavy atom. The van der Waals surface area contributed by atoms with Gasteiger partial charge in [0.2, 0.25) is 0 Å². The summed E-state index contributed by atoms with van der Waals surface area (Å²) in [6.45, 7) is 5.48. The van der Waals surface area contributed by atoms with E-state index in [-0.39, 0.29) is 18.5 Å². The molecule has 23 heavy (non-hydrogen) atoms. The zero-order valence-corrected chi connectivity index (χ0v) is 14.2. The van der Waals surface area contributed by atoms with Crippen LogP contribution in [0.25, 0.3) is 0 Å². The Balaban J connectivity index is 2.04. The minimum Gasteiger partial charge on any atom is -0.480 e. The Kier molecular flexibility index (Phi) is 5.77. The number of carbonyl (C=O) groups is 2. The molecule has 1 N–H and O–H groups in total. The van der Waals surface area contributed by atoms with Crippen LogP contribution in [-0.2, 0) is 4.79 Å². The lowest BCUT2D eigenvalue weighted by molar-refractivity contribution is -0.138. The molecule has 0 aliphatic carbocycles. The smallest absolute Gasteiger partial charge is 0.317 e. The first-order chi connectivity index (χ1) is 10.9. The third kappa shape index (κ3) is 4.32. The first-order valence-electron chi connectivity index (χ1n) is 8.17. The van der Waals surface area contributed by atoms with Crippen LogP contribution in [0.2, 0.25) is 0 Å². The van der Waals surface area contributed by atoms with Gasteiger partial charge in [0.15, 0.2) is 0 Å². The zero-order valence-electron chi connectivity index (χ0n) is 14.2. The van der Waals surface area contributed by atoms with Crippen LogP contribution in [0.5, 0.6) is 0 Å². The molecule has 1 amide bonds. The van der Waals surface area contributed by atoms with Crippen molar-refractivity contribution in [1.29, 1.82) is 0 Å². The molecule has 0 unspecified atom stereocenters. The molecule has 1 aliphatic rings. The maximum Gasteiger partial charge on any atom is 0.317 e. The van der Waals surface area contributed by atoms with Crippen molar-refractivity contribution in [2.45, 2.75) is 39.2 Å². The van der Waals surface area contributed by atoms with Crippen LogP contribution in [0.15, 0.2) is 18.2 Å². The van der Waals surface area contributed by atoms with Gasteiger partial charge in [-0.05, 0) is 57.4 Å². The number of carbonyl (C=O) groups excluding carboxylic acids is 1. The molecule has 0 spiro atoms. The van der Waals surface area contributed by atoms with Crippen LogP contribution in [0, 0.1) is 13.8 Å². The van der Waals surface area contributed by atoms with Crippen molar-refractivity contribution < 1.29 is 14.7 Å². The molecular weight excluding hydrogens is 292 g/mol. The summed E-state index contributed by atoms with van der Waals surface area (Å²) < 4.78 is 0. The van der Waals surface area contributed by atoms with Gasteiger partial charge in [-0.25, -0.2) is 0 Å². The van der Waals surface area contributed by atoms with E-state index >= 15 is 0 Å². The molecular formula is C18H26N2O3. The van der Waals surface area contributed by atoms with Crippen molar-refractivity contribution in [1.82, 2.24) is 9.80 Å². The average Bonchev–Trinajstić information content (AvgIpc) is 2.74. The molecule has 1 aromatic carbocycles. The largest absolute Gasteiger partial charge is 0.480 e. The number of nitrogens with zero attached hydrogens (tertiary/aromatic N) is 2. The quantitative estimate of drug-likeness (QED) is 0.925. The van der Waals surface area contributed by atoms with E-state index in [4.69, 9.17) is 5.11 Å². The number of rotatable bonds is 4. The summed E-state index contributed by atoms with van der Waals surface area (Å²) >= 11 is 0. The SMILES string of the molecule is Cc1cccc(C(=O)N2CCC[C@@H](N(C)CC(=O)O)CC2)c1C. The summed E-state index contributed by atoms with van der Waals surface area (Å²) in [6, 6.07) is 6.06. The molecule has 1 fully saturated rings. The highest BCUT2D eigenvalue weighted by molar-refractivity contribution is 5.96. The van der Waals surface area contributed by atoms with Crippen molar-refractivity contribution in [3.8, 4) is 0 Å². The van der Waals surface area contributed by atoms with Gasteiger partial charge in [0.25, 0.3) is 5.91 Å². The van der Waals surface area contributed by atoms with Crippen molar-refractivity contribution in [3.05, 3.63) is 34.9 Å². The molecule has 1 atom stereocenters. The summed E-state index contributed by atoms with van der Waals surface area (Å²) in [7, 11) is 1.85. The second-order valence-electron chi connectivity index (χ2n) is 6.43. The van der Waals surface area contributed by atoms with Gasteiger partial charge in [-0.3, -0.25) is 14.5 Å². The molecule has 0 aromatic heterocycles. The normalized spacial score (nSPS) is 18.8. The predicted octanol–water partition coefficient (Wildman–Crippen LogP) is 2.31. The fourth-order valence-corrected chi connectivity index (χ4v) is 3.22. The Labute approximate surface area is 137 Å². The van der Waals surface area contributed by atoms with Crippen molar-refractivity contribution >= 4 is 11.9 Å². The van der Waals surface area contributed by atoms with Crippen molar-refractivity contribution in [2.75, 3.05) is 26.7 Å². The Bertz CT molecular complexity index is 586. The highest BCUT2D eigenvalue weighted by atomic mass is 16.4. The second-order valence-corrected chi connectivity index (χ2v) is 6.43. The second kappa shape index (κ2) is 7.59. The number of hydrogen-bond donors (Lipinski definition) is 1. The number of likely N-dealkylation sites (N-methyl/N-ethyl adjacent to an activating group) is 1. The highest BCUT2D eigenvalue weighted by Crippen LogP contribution is 2.20. The summed E-state index contributed by atoms with van der Waals surface area (Å²) in [4.78, 5) is 27.5. The maximum atomic E-state index is 12.8. The van der Waals surface area contributed by atoms with E-state index in [9.17, 15) is 9.59 Å². The molecule has 1 aromatic rings. The predicted molar refractivity (Wildman–Crippen MR) is 89.7 cm³/mol. The fourth-order valence-electron chi connectivity index (χ4n) is 3.22. The van der Waals surface area contributed by atoms with Crippen LogP contribution in [0.4, 0.5) is 0 Å². The number of carboxylic acid groups (broad SMARTS) is 1. The van der Waals surface area contributed by atoms with Crippen LogP contribution in [0.3, 0.4) is 0 Å². The molecule has 126 valence electrons. The van der Waals surface area contributed by atoms with Crippen molar-refractivity contribution in [3.63, 3.8) is 0 Å². The molecule has 0 radical (unpaired) electrons. The van der Waals surface area contributed by atoms with Crippen LogP contribution in [-0.4, -0.2) is 59.5 Å². The molecule has 5 nitrogen and oxygen atoms in total. The molecule has 1 aliphatic heterocycles.